The van der Waals surface area contributed by atoms with Crippen LogP contribution in [0.2, 0.25) is 0 Å². The molecule has 2 atom stereocenters. The summed E-state index contributed by atoms with van der Waals surface area (Å²) >= 11 is 0. The van der Waals surface area contributed by atoms with Crippen molar-refractivity contribution in [3.8, 4) is 0 Å². The number of amides is 1. The van der Waals surface area contributed by atoms with Crippen molar-refractivity contribution < 1.29 is 13.2 Å². The lowest BCUT2D eigenvalue weighted by atomic mass is 10.2. The molecule has 1 aliphatic carbocycles. The second-order valence-corrected chi connectivity index (χ2v) is 7.61. The number of hydrogen-bond donors (Lipinski definition) is 1. The fraction of sp³-hybridized carbons (Fsp3) is 0.500. The zero-order chi connectivity index (χ0) is 14.3. The second kappa shape index (κ2) is 4.77. The summed E-state index contributed by atoms with van der Waals surface area (Å²) in [5.41, 5.74) is 1.38. The first-order valence-electron chi connectivity index (χ1n) is 6.89. The van der Waals surface area contributed by atoms with Crippen LogP contribution in [-0.4, -0.2) is 26.6 Å². The molecule has 1 N–H and O–H groups in total. The van der Waals surface area contributed by atoms with Crippen molar-refractivity contribution in [1.29, 1.82) is 0 Å². The third kappa shape index (κ3) is 2.52. The van der Waals surface area contributed by atoms with Crippen LogP contribution in [0, 0.1) is 11.8 Å². The standard InChI is InChI=1S/C14H18N2O3S/c1-10-9-13(10)14(17)15-11-3-5-12(6-4-11)16-7-2-8-20(16,18)19/h3-6,10,13H,2,7-9H2,1H3,(H,15,17)/t10-,13+/m0/s1. The van der Waals surface area contributed by atoms with Gasteiger partial charge in [-0.3, -0.25) is 9.10 Å². The molecule has 108 valence electrons. The van der Waals surface area contributed by atoms with Gasteiger partial charge in [0.1, 0.15) is 0 Å². The highest BCUT2D eigenvalue weighted by Crippen LogP contribution is 2.38. The van der Waals surface area contributed by atoms with E-state index >= 15 is 0 Å². The predicted molar refractivity (Wildman–Crippen MR) is 78.1 cm³/mol. The molecular weight excluding hydrogens is 276 g/mol. The summed E-state index contributed by atoms with van der Waals surface area (Å²) < 4.78 is 25.1. The molecular formula is C14H18N2O3S. The van der Waals surface area contributed by atoms with Crippen molar-refractivity contribution in [2.75, 3.05) is 21.9 Å². The zero-order valence-electron chi connectivity index (χ0n) is 11.4. The van der Waals surface area contributed by atoms with Gasteiger partial charge >= 0.3 is 0 Å². The van der Waals surface area contributed by atoms with Gasteiger partial charge in [0.2, 0.25) is 15.9 Å². The van der Waals surface area contributed by atoms with Gasteiger partial charge in [-0.25, -0.2) is 8.42 Å². The van der Waals surface area contributed by atoms with Crippen LogP contribution in [0.25, 0.3) is 0 Å². The number of sulfonamides is 1. The molecule has 1 aromatic carbocycles. The van der Waals surface area contributed by atoms with E-state index in [1.54, 1.807) is 24.3 Å². The van der Waals surface area contributed by atoms with E-state index in [4.69, 9.17) is 0 Å². The Morgan fingerprint density at radius 2 is 1.95 bits per heavy atom. The summed E-state index contributed by atoms with van der Waals surface area (Å²) in [6.07, 6.45) is 1.62. The number of rotatable bonds is 3. The van der Waals surface area contributed by atoms with Gasteiger partial charge in [-0.15, -0.1) is 0 Å². The molecule has 0 radical (unpaired) electrons. The first kappa shape index (κ1) is 13.4. The van der Waals surface area contributed by atoms with Crippen molar-refractivity contribution in [2.24, 2.45) is 11.8 Å². The normalized spacial score (nSPS) is 27.4. The van der Waals surface area contributed by atoms with E-state index < -0.39 is 10.0 Å². The number of carbonyl (C=O) groups excluding carboxylic acids is 1. The van der Waals surface area contributed by atoms with Gasteiger partial charge in [0.15, 0.2) is 0 Å². The molecule has 0 spiro atoms. The van der Waals surface area contributed by atoms with E-state index in [0.717, 1.165) is 12.1 Å². The highest BCUT2D eigenvalue weighted by atomic mass is 32.2. The Hall–Kier alpha value is -1.56. The smallest absolute Gasteiger partial charge is 0.235 e. The van der Waals surface area contributed by atoms with Crippen LogP contribution in [0.3, 0.4) is 0 Å². The minimum absolute atomic E-state index is 0.0547. The molecule has 5 nitrogen and oxygen atoms in total. The van der Waals surface area contributed by atoms with E-state index in [-0.39, 0.29) is 17.6 Å². The Bertz CT molecular complexity index is 624. The molecule has 2 aliphatic rings. The van der Waals surface area contributed by atoms with E-state index in [0.29, 0.717) is 24.6 Å². The molecule has 0 aromatic heterocycles. The number of nitrogens with zero attached hydrogens (tertiary/aromatic N) is 1. The molecule has 1 saturated heterocycles. The first-order valence-corrected chi connectivity index (χ1v) is 8.49. The van der Waals surface area contributed by atoms with E-state index in [1.807, 2.05) is 0 Å². The maximum absolute atomic E-state index is 11.8. The first-order chi connectivity index (χ1) is 9.47. The average Bonchev–Trinajstić information content (AvgIpc) is 3.03. The van der Waals surface area contributed by atoms with Crippen LogP contribution >= 0.6 is 0 Å². The third-order valence-corrected chi connectivity index (χ3v) is 5.84. The van der Waals surface area contributed by atoms with Crippen molar-refractivity contribution in [3.63, 3.8) is 0 Å². The summed E-state index contributed by atoms with van der Waals surface area (Å²) in [7, 11) is -3.14. The fourth-order valence-electron chi connectivity index (χ4n) is 2.56. The molecule has 1 aromatic rings. The van der Waals surface area contributed by atoms with Crippen LogP contribution in [0.1, 0.15) is 19.8 Å². The monoisotopic (exact) mass is 294 g/mol. The number of carbonyl (C=O) groups is 1. The third-order valence-electron chi connectivity index (χ3n) is 3.97. The molecule has 6 heteroatoms. The van der Waals surface area contributed by atoms with Gasteiger partial charge in [-0.1, -0.05) is 6.92 Å². The maximum atomic E-state index is 11.8. The van der Waals surface area contributed by atoms with Gasteiger partial charge in [-0.2, -0.15) is 0 Å². The Labute approximate surface area is 119 Å². The Kier molecular flexibility index (Phi) is 3.20. The summed E-state index contributed by atoms with van der Waals surface area (Å²) in [5.74, 6) is 0.877. The van der Waals surface area contributed by atoms with Gasteiger partial charge in [0.25, 0.3) is 0 Å². The number of nitrogens with one attached hydrogen (secondary N) is 1. The molecule has 3 rings (SSSR count). The summed E-state index contributed by atoms with van der Waals surface area (Å²) in [6.45, 7) is 2.60. The van der Waals surface area contributed by atoms with Crippen molar-refractivity contribution >= 4 is 27.3 Å². The van der Waals surface area contributed by atoms with Gasteiger partial charge in [0, 0.05) is 18.2 Å². The molecule has 20 heavy (non-hydrogen) atoms. The van der Waals surface area contributed by atoms with Crippen LogP contribution < -0.4 is 9.62 Å². The van der Waals surface area contributed by atoms with Crippen molar-refractivity contribution in [1.82, 2.24) is 0 Å². The molecule has 1 amide bonds. The van der Waals surface area contributed by atoms with Gasteiger partial charge in [0.05, 0.1) is 11.4 Å². The summed E-state index contributed by atoms with van der Waals surface area (Å²) in [4.78, 5) is 11.8. The van der Waals surface area contributed by atoms with Crippen LogP contribution in [0.15, 0.2) is 24.3 Å². The topological polar surface area (TPSA) is 66.5 Å². The largest absolute Gasteiger partial charge is 0.326 e. The number of anilines is 2. The molecule has 2 fully saturated rings. The summed E-state index contributed by atoms with van der Waals surface area (Å²) in [6, 6.07) is 7.01. The number of hydrogen-bond acceptors (Lipinski definition) is 3. The molecule has 1 heterocycles. The molecule has 1 saturated carbocycles. The fourth-order valence-corrected chi connectivity index (χ4v) is 4.13. The predicted octanol–water partition coefficient (Wildman–Crippen LogP) is 1.82. The lowest BCUT2D eigenvalue weighted by molar-refractivity contribution is -0.117. The van der Waals surface area contributed by atoms with Crippen LogP contribution in [0.4, 0.5) is 11.4 Å². The van der Waals surface area contributed by atoms with Crippen LogP contribution in [0.5, 0.6) is 0 Å². The highest BCUT2D eigenvalue weighted by Gasteiger charge is 2.39. The van der Waals surface area contributed by atoms with Crippen molar-refractivity contribution in [3.05, 3.63) is 24.3 Å². The second-order valence-electron chi connectivity index (χ2n) is 5.60. The minimum atomic E-state index is -3.14. The Balaban J connectivity index is 1.70. The zero-order valence-corrected chi connectivity index (χ0v) is 12.2. The maximum Gasteiger partial charge on any atom is 0.235 e. The molecule has 0 bridgehead atoms. The number of benzene rings is 1. The lowest BCUT2D eigenvalue weighted by Crippen LogP contribution is -2.25. The van der Waals surface area contributed by atoms with E-state index in [1.165, 1.54) is 4.31 Å². The Morgan fingerprint density at radius 3 is 2.45 bits per heavy atom. The average molecular weight is 294 g/mol. The van der Waals surface area contributed by atoms with Gasteiger partial charge < -0.3 is 5.32 Å². The van der Waals surface area contributed by atoms with Crippen molar-refractivity contribution in [2.45, 2.75) is 19.8 Å². The van der Waals surface area contributed by atoms with Gasteiger partial charge in [-0.05, 0) is 43.0 Å². The lowest BCUT2D eigenvalue weighted by Gasteiger charge is -2.17. The van der Waals surface area contributed by atoms with E-state index in [9.17, 15) is 13.2 Å². The van der Waals surface area contributed by atoms with E-state index in [2.05, 4.69) is 12.2 Å². The Morgan fingerprint density at radius 1 is 1.30 bits per heavy atom. The molecule has 0 unspecified atom stereocenters. The molecule has 1 aliphatic heterocycles. The van der Waals surface area contributed by atoms with Crippen LogP contribution in [-0.2, 0) is 14.8 Å². The highest BCUT2D eigenvalue weighted by molar-refractivity contribution is 7.93. The summed E-state index contributed by atoms with van der Waals surface area (Å²) in [5, 5.41) is 2.87. The quantitative estimate of drug-likeness (QED) is 0.924. The minimum Gasteiger partial charge on any atom is -0.326 e. The SMILES string of the molecule is C[C@H]1C[C@H]1C(=O)Nc1ccc(N2CCCS2(=O)=O)cc1.